The van der Waals surface area contributed by atoms with Gasteiger partial charge in [-0.05, 0) is 54.1 Å². The van der Waals surface area contributed by atoms with Crippen molar-refractivity contribution in [2.75, 3.05) is 0 Å². The second kappa shape index (κ2) is 8.00. The fourth-order valence-corrected chi connectivity index (χ4v) is 4.05. The molecule has 8 heteroatoms. The van der Waals surface area contributed by atoms with Gasteiger partial charge in [0.15, 0.2) is 0 Å². The molecule has 0 aliphatic carbocycles. The van der Waals surface area contributed by atoms with Crippen molar-refractivity contribution in [1.82, 2.24) is 9.47 Å². The largest absolute Gasteiger partial charge is 0.317 e. The van der Waals surface area contributed by atoms with Gasteiger partial charge in [0.1, 0.15) is 0 Å². The van der Waals surface area contributed by atoms with Gasteiger partial charge < -0.3 is 4.57 Å². The molecule has 0 radical (unpaired) electrons. The Balaban J connectivity index is 1.63. The van der Waals surface area contributed by atoms with E-state index in [2.05, 4.69) is 0 Å². The quantitative estimate of drug-likeness (QED) is 0.332. The molecule has 1 aliphatic heterocycles. The highest BCUT2D eigenvalue weighted by Gasteiger charge is 2.35. The van der Waals surface area contributed by atoms with Crippen molar-refractivity contribution >= 4 is 34.7 Å². The molecule has 1 aliphatic rings. The molecule has 4 rings (SSSR count). The third-order valence-corrected chi connectivity index (χ3v) is 5.75. The number of aromatic nitrogens is 1. The summed E-state index contributed by atoms with van der Waals surface area (Å²) in [6, 6.07) is 17.4. The highest BCUT2D eigenvalue weighted by atomic mass is 32.2. The lowest BCUT2D eigenvalue weighted by Gasteiger charge is -2.14. The van der Waals surface area contributed by atoms with E-state index in [0.717, 1.165) is 22.9 Å². The van der Waals surface area contributed by atoms with E-state index in [-0.39, 0.29) is 23.4 Å². The van der Waals surface area contributed by atoms with Crippen molar-refractivity contribution < 1.29 is 14.5 Å². The van der Waals surface area contributed by atoms with E-state index in [1.54, 1.807) is 41.1 Å². The summed E-state index contributed by atoms with van der Waals surface area (Å²) >= 11 is 0.894. The summed E-state index contributed by atoms with van der Waals surface area (Å²) in [7, 11) is 0. The number of nitro benzene ring substituents is 1. The molecule has 3 aromatic rings. The van der Waals surface area contributed by atoms with E-state index in [1.807, 2.05) is 31.2 Å². The fraction of sp³-hybridized carbons (Fsp3) is 0.0909. The van der Waals surface area contributed by atoms with Crippen LogP contribution in [0.1, 0.15) is 16.8 Å². The van der Waals surface area contributed by atoms with Gasteiger partial charge in [-0.1, -0.05) is 30.3 Å². The summed E-state index contributed by atoms with van der Waals surface area (Å²) in [6.45, 7) is 2.16. The minimum Gasteiger partial charge on any atom is -0.317 e. The molecule has 30 heavy (non-hydrogen) atoms. The van der Waals surface area contributed by atoms with Crippen molar-refractivity contribution in [3.63, 3.8) is 0 Å². The van der Waals surface area contributed by atoms with E-state index >= 15 is 0 Å². The number of nitrogens with zero attached hydrogens (tertiary/aromatic N) is 3. The predicted molar refractivity (Wildman–Crippen MR) is 115 cm³/mol. The Bertz CT molecular complexity index is 1200. The summed E-state index contributed by atoms with van der Waals surface area (Å²) in [6.07, 6.45) is 3.39. The van der Waals surface area contributed by atoms with Crippen molar-refractivity contribution in [1.29, 1.82) is 0 Å². The first kappa shape index (κ1) is 19.7. The molecule has 1 saturated heterocycles. The molecule has 2 amide bonds. The number of benzene rings is 2. The van der Waals surface area contributed by atoms with Crippen LogP contribution in [-0.2, 0) is 11.3 Å². The topological polar surface area (TPSA) is 85.4 Å². The molecule has 1 fully saturated rings. The molecule has 150 valence electrons. The van der Waals surface area contributed by atoms with Crippen molar-refractivity contribution in [2.24, 2.45) is 0 Å². The van der Waals surface area contributed by atoms with Crippen LogP contribution < -0.4 is 0 Å². The van der Waals surface area contributed by atoms with Crippen LogP contribution in [0.5, 0.6) is 0 Å². The predicted octanol–water partition coefficient (Wildman–Crippen LogP) is 4.93. The first-order valence-corrected chi connectivity index (χ1v) is 9.98. The summed E-state index contributed by atoms with van der Waals surface area (Å²) in [5.74, 6) is -0.347. The van der Waals surface area contributed by atoms with Crippen LogP contribution in [0.2, 0.25) is 0 Å². The second-order valence-corrected chi connectivity index (χ2v) is 7.77. The average Bonchev–Trinajstić information content (AvgIpc) is 3.30. The van der Waals surface area contributed by atoms with E-state index in [4.69, 9.17) is 0 Å². The number of hydrogen-bond donors (Lipinski definition) is 0. The molecular weight excluding hydrogens is 402 g/mol. The number of nitro groups is 1. The molecular formula is C22H17N3O4S. The lowest BCUT2D eigenvalue weighted by Crippen LogP contribution is -2.27. The van der Waals surface area contributed by atoms with Crippen LogP contribution >= 0.6 is 11.8 Å². The second-order valence-electron chi connectivity index (χ2n) is 6.77. The first-order chi connectivity index (χ1) is 14.4. The monoisotopic (exact) mass is 419 g/mol. The van der Waals surface area contributed by atoms with E-state index < -0.39 is 4.92 Å². The Labute approximate surface area is 176 Å². The maximum absolute atomic E-state index is 12.9. The smallest absolute Gasteiger partial charge is 0.293 e. The van der Waals surface area contributed by atoms with E-state index in [9.17, 15) is 19.7 Å². The number of thioether (sulfide) groups is 1. The van der Waals surface area contributed by atoms with Gasteiger partial charge in [-0.15, -0.1) is 0 Å². The number of carbonyl (C=O) groups excluding carboxylic acids is 2. The number of hydrogen-bond acceptors (Lipinski definition) is 5. The zero-order valence-electron chi connectivity index (χ0n) is 16.0. The van der Waals surface area contributed by atoms with Gasteiger partial charge in [-0.3, -0.25) is 24.6 Å². The van der Waals surface area contributed by atoms with Gasteiger partial charge in [-0.2, -0.15) is 0 Å². The molecule has 0 bridgehead atoms. The summed E-state index contributed by atoms with van der Waals surface area (Å²) in [5, 5.41) is 10.8. The Morgan fingerprint density at radius 2 is 1.87 bits per heavy atom. The van der Waals surface area contributed by atoms with Crippen LogP contribution in [0, 0.1) is 17.0 Å². The molecule has 2 aromatic carbocycles. The molecule has 0 atom stereocenters. The molecule has 0 spiro atoms. The number of imide groups is 1. The van der Waals surface area contributed by atoms with E-state index in [0.29, 0.717) is 16.3 Å². The van der Waals surface area contributed by atoms with Gasteiger partial charge in [0.05, 0.1) is 22.1 Å². The fourth-order valence-electron chi connectivity index (χ4n) is 3.23. The van der Waals surface area contributed by atoms with Crippen molar-refractivity contribution in [3.8, 4) is 5.69 Å². The Morgan fingerprint density at radius 3 is 2.63 bits per heavy atom. The maximum atomic E-state index is 12.9. The van der Waals surface area contributed by atoms with Crippen LogP contribution in [0.25, 0.3) is 11.8 Å². The van der Waals surface area contributed by atoms with Gasteiger partial charge in [0, 0.05) is 24.0 Å². The van der Waals surface area contributed by atoms with Gasteiger partial charge in [-0.25, -0.2) is 0 Å². The molecule has 0 saturated carbocycles. The summed E-state index contributed by atoms with van der Waals surface area (Å²) in [4.78, 5) is 37.5. The van der Waals surface area contributed by atoms with Crippen LogP contribution in [-0.4, -0.2) is 25.5 Å². The number of aryl methyl sites for hydroxylation is 1. The highest BCUT2D eigenvalue weighted by Crippen LogP contribution is 2.34. The van der Waals surface area contributed by atoms with E-state index in [1.165, 1.54) is 17.0 Å². The normalized spacial score (nSPS) is 15.2. The van der Waals surface area contributed by atoms with Crippen LogP contribution in [0.3, 0.4) is 0 Å². The lowest BCUT2D eigenvalue weighted by molar-refractivity contribution is -0.384. The SMILES string of the molecule is Cc1ccccc1CN1C(=O)S/C(=C\c2cccn2-c2cccc([N+](=O)[O-])c2)C1=O. The van der Waals surface area contributed by atoms with Crippen LogP contribution in [0.4, 0.5) is 10.5 Å². The Hall–Kier alpha value is -3.65. The molecule has 0 unspecified atom stereocenters. The number of rotatable bonds is 5. The zero-order chi connectivity index (χ0) is 21.3. The highest BCUT2D eigenvalue weighted by molar-refractivity contribution is 8.18. The minimum atomic E-state index is -0.455. The van der Waals surface area contributed by atoms with Crippen molar-refractivity contribution in [2.45, 2.75) is 13.5 Å². The zero-order valence-corrected chi connectivity index (χ0v) is 16.8. The number of non-ortho nitro benzene ring substituents is 1. The Morgan fingerprint density at radius 1 is 1.07 bits per heavy atom. The standard InChI is InChI=1S/C22H17N3O4S/c1-15-6-2-3-7-16(15)14-24-21(26)20(30-22(24)27)13-18-10-5-11-23(18)17-8-4-9-19(12-17)25(28)29/h2-13H,14H2,1H3/b20-13-. The molecule has 7 nitrogen and oxygen atoms in total. The first-order valence-electron chi connectivity index (χ1n) is 9.16. The molecule has 1 aromatic heterocycles. The lowest BCUT2D eigenvalue weighted by atomic mass is 10.1. The Kier molecular flexibility index (Phi) is 5.24. The minimum absolute atomic E-state index is 0.0225. The third-order valence-electron chi connectivity index (χ3n) is 4.84. The summed E-state index contributed by atoms with van der Waals surface area (Å²) in [5.41, 5.74) is 3.16. The van der Waals surface area contributed by atoms with Crippen LogP contribution in [0.15, 0.2) is 71.8 Å². The summed E-state index contributed by atoms with van der Waals surface area (Å²) < 4.78 is 1.74. The average molecular weight is 419 g/mol. The third kappa shape index (κ3) is 3.77. The molecule has 0 N–H and O–H groups in total. The molecule has 2 heterocycles. The van der Waals surface area contributed by atoms with Gasteiger partial charge in [0.25, 0.3) is 16.8 Å². The number of amides is 2. The van der Waals surface area contributed by atoms with Crippen molar-refractivity contribution in [3.05, 3.63) is 98.7 Å². The van der Waals surface area contributed by atoms with Gasteiger partial charge >= 0.3 is 0 Å². The van der Waals surface area contributed by atoms with Gasteiger partial charge in [0.2, 0.25) is 0 Å². The maximum Gasteiger partial charge on any atom is 0.293 e. The number of carbonyl (C=O) groups is 2.